The van der Waals surface area contributed by atoms with Crippen LogP contribution >= 0.6 is 0 Å². The molecule has 2 rings (SSSR count). The molecule has 0 unspecified atom stereocenters. The number of ether oxygens (including phenoxy) is 3. The molecule has 1 aromatic heterocycles. The van der Waals surface area contributed by atoms with Crippen LogP contribution in [0.1, 0.15) is 96.5 Å². The van der Waals surface area contributed by atoms with Gasteiger partial charge in [-0.25, -0.2) is 4.57 Å². The normalized spacial score (nSPS) is 10.8. The smallest absolute Gasteiger partial charge is 0.257 e. The third kappa shape index (κ3) is 13.7. The van der Waals surface area contributed by atoms with Crippen LogP contribution in [0, 0.1) is 0 Å². The van der Waals surface area contributed by atoms with E-state index in [1.807, 2.05) is 24.4 Å². The van der Waals surface area contributed by atoms with E-state index >= 15 is 0 Å². The molecule has 0 radical (unpaired) electrons. The molecule has 1 aromatic carbocycles. The van der Waals surface area contributed by atoms with Crippen LogP contribution in [-0.4, -0.2) is 32.8 Å². The predicted molar refractivity (Wildman–Crippen MR) is 154 cm³/mol. The number of amides is 1. The molecule has 0 aliphatic carbocycles. The highest BCUT2D eigenvalue weighted by atomic mass is 16.5. The van der Waals surface area contributed by atoms with Crippen LogP contribution in [0.2, 0.25) is 0 Å². The van der Waals surface area contributed by atoms with Crippen LogP contribution in [0.15, 0.2) is 42.7 Å². The molecule has 0 aliphatic heterocycles. The van der Waals surface area contributed by atoms with Crippen molar-refractivity contribution in [1.82, 2.24) is 5.32 Å². The van der Waals surface area contributed by atoms with Gasteiger partial charge < -0.3 is 19.5 Å². The molecule has 2 aromatic rings. The molecule has 6 nitrogen and oxygen atoms in total. The first-order valence-corrected chi connectivity index (χ1v) is 14.8. The summed E-state index contributed by atoms with van der Waals surface area (Å²) in [4.78, 5) is 12.2. The number of nitrogens with zero attached hydrogens (tertiary/aromatic N) is 1. The number of nitrogens with one attached hydrogen (secondary N) is 1. The number of unbranched alkanes of at least 4 members (excludes halogenated alkanes) is 11. The third-order valence-corrected chi connectivity index (χ3v) is 6.78. The highest BCUT2D eigenvalue weighted by molar-refractivity contribution is 5.77. The first kappa shape index (κ1) is 31.5. The maximum absolute atomic E-state index is 12.2. The number of carbonyl (C=O) groups is 1. The number of aryl methyl sites for hydroxylation is 1. The Morgan fingerprint density at radius 2 is 1.53 bits per heavy atom. The van der Waals surface area contributed by atoms with Gasteiger partial charge >= 0.3 is 0 Å². The number of hydrogen-bond acceptors (Lipinski definition) is 4. The Morgan fingerprint density at radius 3 is 2.18 bits per heavy atom. The lowest BCUT2D eigenvalue weighted by molar-refractivity contribution is -0.694. The van der Waals surface area contributed by atoms with E-state index in [1.54, 1.807) is 13.2 Å². The number of carbonyl (C=O) groups excluding carboxylic acids is 1. The van der Waals surface area contributed by atoms with Gasteiger partial charge in [-0.2, -0.15) is 0 Å². The van der Waals surface area contributed by atoms with E-state index in [2.05, 4.69) is 36.0 Å². The Morgan fingerprint density at radius 1 is 0.842 bits per heavy atom. The van der Waals surface area contributed by atoms with Crippen LogP contribution in [0.5, 0.6) is 17.2 Å². The summed E-state index contributed by atoms with van der Waals surface area (Å²) < 4.78 is 19.2. The van der Waals surface area contributed by atoms with Crippen LogP contribution in [0.4, 0.5) is 0 Å². The summed E-state index contributed by atoms with van der Waals surface area (Å²) in [5.74, 6) is 1.71. The van der Waals surface area contributed by atoms with E-state index in [-0.39, 0.29) is 12.5 Å². The molecule has 6 heteroatoms. The number of rotatable bonds is 22. The lowest BCUT2D eigenvalue weighted by atomic mass is 10.1. The van der Waals surface area contributed by atoms with Gasteiger partial charge in [-0.05, 0) is 38.0 Å². The zero-order valence-corrected chi connectivity index (χ0v) is 24.1. The molecule has 0 saturated heterocycles. The number of benzene rings is 1. The van der Waals surface area contributed by atoms with Crippen molar-refractivity contribution in [1.29, 1.82) is 0 Å². The quantitative estimate of drug-likeness (QED) is 0.135. The van der Waals surface area contributed by atoms with Gasteiger partial charge in [0, 0.05) is 24.2 Å². The topological polar surface area (TPSA) is 60.7 Å². The summed E-state index contributed by atoms with van der Waals surface area (Å²) in [5, 5.41) is 2.92. The maximum atomic E-state index is 12.2. The molecular weight excluding hydrogens is 476 g/mol. The van der Waals surface area contributed by atoms with E-state index in [4.69, 9.17) is 14.2 Å². The molecule has 0 aliphatic rings. The van der Waals surface area contributed by atoms with Crippen molar-refractivity contribution in [3.8, 4) is 17.2 Å². The summed E-state index contributed by atoms with van der Waals surface area (Å²) >= 11 is 0. The predicted octanol–water partition coefficient (Wildman–Crippen LogP) is 6.82. The summed E-state index contributed by atoms with van der Waals surface area (Å²) in [6.07, 6.45) is 20.9. The first-order chi connectivity index (χ1) is 18.7. The SMILES string of the molecule is CCCCCCCCCCCCCCOc1ccc(OCC(=O)NCCc2ccc[n+](CC)c2)c(OC)c1. The average Bonchev–Trinajstić information content (AvgIpc) is 2.94. The Hall–Kier alpha value is -2.76. The fourth-order valence-corrected chi connectivity index (χ4v) is 4.45. The van der Waals surface area contributed by atoms with Gasteiger partial charge in [-0.1, -0.05) is 77.6 Å². The van der Waals surface area contributed by atoms with Crippen molar-refractivity contribution in [2.45, 2.75) is 104 Å². The van der Waals surface area contributed by atoms with Gasteiger partial charge in [0.2, 0.25) is 0 Å². The van der Waals surface area contributed by atoms with Crippen LogP contribution < -0.4 is 24.1 Å². The number of aromatic nitrogens is 1. The highest BCUT2D eigenvalue weighted by Gasteiger charge is 2.10. The molecule has 212 valence electrons. The van der Waals surface area contributed by atoms with E-state index in [1.165, 1.54) is 76.2 Å². The van der Waals surface area contributed by atoms with Gasteiger partial charge in [-0.15, -0.1) is 0 Å². The molecule has 0 fully saturated rings. The lowest BCUT2D eigenvalue weighted by Gasteiger charge is -2.13. The fraction of sp³-hybridized carbons (Fsp3) is 0.625. The molecule has 0 atom stereocenters. The van der Waals surface area contributed by atoms with Crippen molar-refractivity contribution >= 4 is 5.91 Å². The zero-order valence-electron chi connectivity index (χ0n) is 24.1. The van der Waals surface area contributed by atoms with Crippen molar-refractivity contribution in [3.05, 3.63) is 48.3 Å². The first-order valence-electron chi connectivity index (χ1n) is 14.8. The van der Waals surface area contributed by atoms with E-state index in [0.29, 0.717) is 24.7 Å². The Labute approximate surface area is 231 Å². The summed E-state index contributed by atoms with van der Waals surface area (Å²) in [7, 11) is 1.60. The van der Waals surface area contributed by atoms with Gasteiger partial charge in [-0.3, -0.25) is 4.79 Å². The van der Waals surface area contributed by atoms with E-state index in [0.717, 1.165) is 25.1 Å². The maximum Gasteiger partial charge on any atom is 0.257 e. The van der Waals surface area contributed by atoms with Crippen molar-refractivity contribution in [2.75, 3.05) is 26.9 Å². The zero-order chi connectivity index (χ0) is 27.3. The second kappa shape index (κ2) is 20.2. The molecule has 0 bridgehead atoms. The lowest BCUT2D eigenvalue weighted by Crippen LogP contribution is -2.33. The molecule has 0 saturated carbocycles. The fourth-order valence-electron chi connectivity index (χ4n) is 4.45. The standard InChI is InChI=1S/C32H50N2O4/c1-4-6-7-8-9-10-11-12-13-14-15-16-24-37-29-19-20-30(31(25-29)36-3)38-27-32(35)33-22-21-28-18-17-23-34(5-2)26-28/h17-20,23,25-26H,4-16,21-22,24,27H2,1-3H3/p+1. The van der Waals surface area contributed by atoms with Gasteiger partial charge in [0.25, 0.3) is 5.91 Å². The van der Waals surface area contributed by atoms with Gasteiger partial charge in [0.15, 0.2) is 30.5 Å². The number of hydrogen-bond donors (Lipinski definition) is 1. The molecule has 38 heavy (non-hydrogen) atoms. The Bertz CT molecular complexity index is 903. The summed E-state index contributed by atoms with van der Waals surface area (Å²) in [5.41, 5.74) is 1.19. The molecule has 1 amide bonds. The number of pyridine rings is 1. The number of methoxy groups -OCH3 is 1. The largest absolute Gasteiger partial charge is 0.493 e. The van der Waals surface area contributed by atoms with E-state index in [9.17, 15) is 4.79 Å². The minimum Gasteiger partial charge on any atom is -0.493 e. The van der Waals surface area contributed by atoms with Crippen molar-refractivity contribution < 1.29 is 23.6 Å². The second-order valence-corrected chi connectivity index (χ2v) is 9.98. The van der Waals surface area contributed by atoms with Gasteiger partial charge in [0.1, 0.15) is 12.3 Å². The Balaban J connectivity index is 1.56. The van der Waals surface area contributed by atoms with E-state index < -0.39 is 0 Å². The molecule has 1 heterocycles. The summed E-state index contributed by atoms with van der Waals surface area (Å²) in [6, 6.07) is 9.60. The van der Waals surface area contributed by atoms with Crippen molar-refractivity contribution in [3.63, 3.8) is 0 Å². The third-order valence-electron chi connectivity index (χ3n) is 6.78. The minimum absolute atomic E-state index is 0.0564. The second-order valence-electron chi connectivity index (χ2n) is 9.98. The van der Waals surface area contributed by atoms with Crippen molar-refractivity contribution in [2.24, 2.45) is 0 Å². The summed E-state index contributed by atoms with van der Waals surface area (Å²) in [6.45, 7) is 6.52. The highest BCUT2D eigenvalue weighted by Crippen LogP contribution is 2.31. The molecule has 1 N–H and O–H groups in total. The Kier molecular flexibility index (Phi) is 16.8. The average molecular weight is 528 g/mol. The monoisotopic (exact) mass is 527 g/mol. The van der Waals surface area contributed by atoms with Crippen LogP contribution in [-0.2, 0) is 17.8 Å². The molecular formula is C32H51N2O4+. The van der Waals surface area contributed by atoms with Crippen LogP contribution in [0.25, 0.3) is 0 Å². The van der Waals surface area contributed by atoms with Gasteiger partial charge in [0.05, 0.1) is 13.7 Å². The molecule has 0 spiro atoms. The minimum atomic E-state index is -0.154. The van der Waals surface area contributed by atoms with Crippen LogP contribution in [0.3, 0.4) is 0 Å².